The number of aliphatic carboxylic acids is 1. The fraction of sp³-hybridized carbons (Fsp3) is 0.455. The number of carbonyl (C=O) groups excluding carboxylic acids is 5. The largest absolute Gasteiger partial charge is 0.480 e. The highest BCUT2D eigenvalue weighted by molar-refractivity contribution is 6.07. The molecule has 4 amide bonds. The highest BCUT2D eigenvalue weighted by atomic mass is 19.4. The molecular formula is C22H25F3N4O7. The van der Waals surface area contributed by atoms with Crippen molar-refractivity contribution in [2.75, 3.05) is 13.1 Å². The van der Waals surface area contributed by atoms with Crippen molar-refractivity contribution in [1.29, 1.82) is 0 Å². The average molecular weight is 514 g/mol. The molecule has 1 fully saturated rings. The second kappa shape index (κ2) is 11.7. The molecule has 0 spiro atoms. The van der Waals surface area contributed by atoms with Crippen LogP contribution in [0.3, 0.4) is 0 Å². The summed E-state index contributed by atoms with van der Waals surface area (Å²) in [6, 6.07) is 0.307. The smallest absolute Gasteiger partial charge is 0.452 e. The molecule has 2 rings (SSSR count). The van der Waals surface area contributed by atoms with Crippen LogP contribution in [0.15, 0.2) is 24.3 Å². The normalized spacial score (nSPS) is 17.0. The van der Waals surface area contributed by atoms with Gasteiger partial charge in [-0.15, -0.1) is 0 Å². The van der Waals surface area contributed by atoms with E-state index in [0.717, 1.165) is 13.8 Å². The summed E-state index contributed by atoms with van der Waals surface area (Å²) in [6.07, 6.45) is -4.47. The summed E-state index contributed by atoms with van der Waals surface area (Å²) < 4.78 is 39.1. The number of imide groups is 1. The van der Waals surface area contributed by atoms with E-state index in [1.165, 1.54) is 24.3 Å². The number of carbonyl (C=O) groups is 6. The first-order valence-electron chi connectivity index (χ1n) is 10.9. The predicted molar refractivity (Wildman–Crippen MR) is 117 cm³/mol. The number of halogens is 3. The van der Waals surface area contributed by atoms with Crippen molar-refractivity contribution in [1.82, 2.24) is 20.9 Å². The van der Waals surface area contributed by atoms with E-state index in [1.54, 1.807) is 0 Å². The molecule has 0 saturated carbocycles. The third kappa shape index (κ3) is 7.10. The van der Waals surface area contributed by atoms with Gasteiger partial charge < -0.3 is 21.1 Å². The molecule has 1 unspecified atom stereocenters. The van der Waals surface area contributed by atoms with Crippen molar-refractivity contribution in [3.05, 3.63) is 35.4 Å². The zero-order valence-electron chi connectivity index (χ0n) is 19.3. The molecule has 0 aromatic heterocycles. The monoisotopic (exact) mass is 514 g/mol. The van der Waals surface area contributed by atoms with Gasteiger partial charge in [-0.3, -0.25) is 33.7 Å². The van der Waals surface area contributed by atoms with Gasteiger partial charge >= 0.3 is 12.1 Å². The van der Waals surface area contributed by atoms with Gasteiger partial charge in [0.15, 0.2) is 0 Å². The number of Topliss-reactive ketones (excluding diaryl/α,β-unsaturated/α-hetero) is 1. The van der Waals surface area contributed by atoms with Crippen molar-refractivity contribution < 1.29 is 47.0 Å². The second-order valence-corrected chi connectivity index (χ2v) is 8.08. The van der Waals surface area contributed by atoms with Crippen molar-refractivity contribution in [3.63, 3.8) is 0 Å². The fourth-order valence-corrected chi connectivity index (χ4v) is 3.49. The Bertz CT molecular complexity index is 1040. The summed E-state index contributed by atoms with van der Waals surface area (Å²) in [5, 5.41) is 15.8. The van der Waals surface area contributed by atoms with Crippen molar-refractivity contribution in [2.24, 2.45) is 0 Å². The van der Waals surface area contributed by atoms with E-state index < -0.39 is 66.2 Å². The SMILES string of the molecule is CC(C(=O)C(F)(F)F)N(C(=O)[C@H](C)NC(=O)c1ccc(C(=O)NCC(=O)O)cc1)C(=O)[C@@H]1CCCN1. The summed E-state index contributed by atoms with van der Waals surface area (Å²) in [7, 11) is 0. The van der Waals surface area contributed by atoms with Gasteiger partial charge in [0, 0.05) is 11.1 Å². The maximum atomic E-state index is 13.0. The lowest BCUT2D eigenvalue weighted by Gasteiger charge is -2.31. The topological polar surface area (TPSA) is 162 Å². The minimum atomic E-state index is -5.29. The number of carboxylic acid groups (broad SMARTS) is 1. The Kier molecular flexibility index (Phi) is 9.28. The predicted octanol–water partition coefficient (Wildman–Crippen LogP) is 0.246. The van der Waals surface area contributed by atoms with Gasteiger partial charge in [0.2, 0.25) is 5.91 Å². The Morgan fingerprint density at radius 1 is 1.06 bits per heavy atom. The van der Waals surface area contributed by atoms with Crippen LogP contribution in [0.4, 0.5) is 13.2 Å². The van der Waals surface area contributed by atoms with Crippen molar-refractivity contribution >= 4 is 35.4 Å². The van der Waals surface area contributed by atoms with Gasteiger partial charge in [-0.05, 0) is 57.5 Å². The molecule has 0 bridgehead atoms. The number of nitrogens with zero attached hydrogens (tertiary/aromatic N) is 1. The minimum Gasteiger partial charge on any atom is -0.480 e. The van der Waals surface area contributed by atoms with Crippen LogP contribution in [-0.2, 0) is 19.2 Å². The van der Waals surface area contributed by atoms with E-state index in [-0.39, 0.29) is 22.4 Å². The second-order valence-electron chi connectivity index (χ2n) is 8.08. The van der Waals surface area contributed by atoms with E-state index in [2.05, 4.69) is 16.0 Å². The first-order chi connectivity index (χ1) is 16.7. The molecule has 1 aromatic carbocycles. The number of ketones is 1. The number of amides is 4. The number of carboxylic acids is 1. The van der Waals surface area contributed by atoms with Gasteiger partial charge in [-0.25, -0.2) is 0 Å². The molecule has 1 aliphatic heterocycles. The van der Waals surface area contributed by atoms with Crippen LogP contribution in [0, 0.1) is 0 Å². The van der Waals surface area contributed by atoms with Crippen LogP contribution in [0.5, 0.6) is 0 Å². The first kappa shape index (κ1) is 28.4. The average Bonchev–Trinajstić information content (AvgIpc) is 3.36. The fourth-order valence-electron chi connectivity index (χ4n) is 3.49. The number of nitrogens with one attached hydrogen (secondary N) is 3. The van der Waals surface area contributed by atoms with E-state index in [4.69, 9.17) is 5.11 Å². The molecule has 4 N–H and O–H groups in total. The molecule has 11 nitrogen and oxygen atoms in total. The summed E-state index contributed by atoms with van der Waals surface area (Å²) in [5.41, 5.74) is 0.0245. The molecule has 0 aliphatic carbocycles. The first-order valence-corrected chi connectivity index (χ1v) is 10.9. The quantitative estimate of drug-likeness (QED) is 0.365. The van der Waals surface area contributed by atoms with E-state index in [9.17, 15) is 41.9 Å². The van der Waals surface area contributed by atoms with Crippen molar-refractivity contribution in [2.45, 2.75) is 51.0 Å². The molecule has 1 saturated heterocycles. The van der Waals surface area contributed by atoms with Gasteiger partial charge in [0.05, 0.1) is 6.04 Å². The standard InChI is InChI=1S/C22H25F3N4O7/c1-11(28-19(34)14-7-5-13(6-8-14)18(33)27-10-16(30)31)20(35)29(12(2)17(32)22(23,24)25)21(36)15-4-3-9-26-15/h5-8,11-12,15,26H,3-4,9-10H2,1-2H3,(H,27,33)(H,28,34)(H,30,31)/t11-,12?,15-/m0/s1. The number of hydrogen-bond acceptors (Lipinski definition) is 7. The molecule has 14 heteroatoms. The molecule has 3 atom stereocenters. The maximum Gasteiger partial charge on any atom is 0.452 e. The lowest BCUT2D eigenvalue weighted by Crippen LogP contribution is -2.59. The van der Waals surface area contributed by atoms with Crippen LogP contribution in [-0.4, -0.2) is 82.8 Å². The van der Waals surface area contributed by atoms with Crippen LogP contribution in [0.1, 0.15) is 47.4 Å². The lowest BCUT2D eigenvalue weighted by atomic mass is 10.1. The molecular weight excluding hydrogens is 489 g/mol. The van der Waals surface area contributed by atoms with Gasteiger partial charge in [0.1, 0.15) is 18.6 Å². The molecule has 0 radical (unpaired) electrons. The summed E-state index contributed by atoms with van der Waals surface area (Å²) >= 11 is 0. The third-order valence-corrected chi connectivity index (χ3v) is 5.41. The van der Waals surface area contributed by atoms with E-state index >= 15 is 0 Å². The molecule has 196 valence electrons. The summed E-state index contributed by atoms with van der Waals surface area (Å²) in [5.74, 6) is -7.27. The highest BCUT2D eigenvalue weighted by Crippen LogP contribution is 2.22. The van der Waals surface area contributed by atoms with Gasteiger partial charge in [-0.2, -0.15) is 13.2 Å². The number of rotatable bonds is 9. The zero-order valence-corrected chi connectivity index (χ0v) is 19.3. The van der Waals surface area contributed by atoms with E-state index in [1.807, 2.05) is 0 Å². The highest BCUT2D eigenvalue weighted by Gasteiger charge is 2.48. The maximum absolute atomic E-state index is 13.0. The molecule has 1 aromatic rings. The van der Waals surface area contributed by atoms with Crippen molar-refractivity contribution in [3.8, 4) is 0 Å². The van der Waals surface area contributed by atoms with E-state index in [0.29, 0.717) is 13.0 Å². The zero-order chi connectivity index (χ0) is 27.2. The minimum absolute atomic E-state index is 0.0285. The van der Waals surface area contributed by atoms with Gasteiger partial charge in [-0.1, -0.05) is 0 Å². The Balaban J connectivity index is 2.16. The Morgan fingerprint density at radius 3 is 2.08 bits per heavy atom. The van der Waals surface area contributed by atoms with Gasteiger partial charge in [0.25, 0.3) is 23.5 Å². The van der Waals surface area contributed by atoms with Crippen LogP contribution in [0.25, 0.3) is 0 Å². The summed E-state index contributed by atoms with van der Waals surface area (Å²) in [4.78, 5) is 72.9. The Hall–Kier alpha value is -3.81. The lowest BCUT2D eigenvalue weighted by molar-refractivity contribution is -0.179. The Labute approximate surface area is 203 Å². The molecule has 1 heterocycles. The Morgan fingerprint density at radius 2 is 1.61 bits per heavy atom. The van der Waals surface area contributed by atoms with Crippen LogP contribution >= 0.6 is 0 Å². The number of hydrogen-bond donors (Lipinski definition) is 4. The molecule has 1 aliphatic rings. The number of alkyl halides is 3. The van der Waals surface area contributed by atoms with Crippen LogP contribution < -0.4 is 16.0 Å². The summed E-state index contributed by atoms with van der Waals surface area (Å²) in [6.45, 7) is 1.75. The number of benzene rings is 1. The third-order valence-electron chi connectivity index (χ3n) is 5.41. The molecule has 36 heavy (non-hydrogen) atoms. The van der Waals surface area contributed by atoms with Crippen LogP contribution in [0.2, 0.25) is 0 Å².